The van der Waals surface area contributed by atoms with Crippen LogP contribution >= 0.6 is 43.2 Å². The van der Waals surface area contributed by atoms with Gasteiger partial charge in [-0.05, 0) is 57.4 Å². The zero-order chi connectivity index (χ0) is 12.0. The van der Waals surface area contributed by atoms with Gasteiger partial charge in [-0.2, -0.15) is 0 Å². The molecule has 3 nitrogen and oxygen atoms in total. The van der Waals surface area contributed by atoms with E-state index in [1.54, 1.807) is 0 Å². The predicted molar refractivity (Wildman–Crippen MR) is 75.2 cm³/mol. The molecule has 1 aromatic rings. The van der Waals surface area contributed by atoms with Gasteiger partial charge < -0.3 is 10.6 Å². The van der Waals surface area contributed by atoms with Gasteiger partial charge in [-0.3, -0.25) is 4.79 Å². The Balaban J connectivity index is 2.33. The molecule has 1 heterocycles. The van der Waals surface area contributed by atoms with Crippen molar-refractivity contribution in [2.75, 3.05) is 19.6 Å². The normalized spacial score (nSPS) is 10.4. The Kier molecular flexibility index (Phi) is 6.57. The molecule has 1 rings (SSSR count). The van der Waals surface area contributed by atoms with E-state index in [9.17, 15) is 4.79 Å². The fourth-order valence-electron chi connectivity index (χ4n) is 1.18. The number of rotatable bonds is 6. The number of hydrogen-bond donors (Lipinski definition) is 2. The molecule has 0 aliphatic carbocycles. The number of hydrogen-bond acceptors (Lipinski definition) is 3. The summed E-state index contributed by atoms with van der Waals surface area (Å²) in [6.07, 6.45) is 0.947. The van der Waals surface area contributed by atoms with Crippen LogP contribution in [-0.2, 0) is 0 Å². The van der Waals surface area contributed by atoms with Gasteiger partial charge in [0.05, 0.1) is 13.1 Å². The summed E-state index contributed by atoms with van der Waals surface area (Å²) >= 11 is 8.22. The molecule has 0 aliphatic heterocycles. The second-order valence-electron chi connectivity index (χ2n) is 3.20. The third-order valence-corrected chi connectivity index (χ3v) is 4.31. The van der Waals surface area contributed by atoms with E-state index in [0.717, 1.165) is 27.1 Å². The molecule has 0 unspecified atom stereocenters. The Bertz CT molecular complexity index is 355. The second kappa shape index (κ2) is 7.42. The topological polar surface area (TPSA) is 41.1 Å². The molecule has 0 radical (unpaired) electrons. The first-order chi connectivity index (χ1) is 7.65. The van der Waals surface area contributed by atoms with E-state index in [4.69, 9.17) is 0 Å². The zero-order valence-corrected chi connectivity index (χ0v) is 13.0. The Morgan fingerprint density at radius 2 is 2.19 bits per heavy atom. The maximum Gasteiger partial charge on any atom is 0.253 e. The average molecular weight is 370 g/mol. The quantitative estimate of drug-likeness (QED) is 0.757. The molecule has 6 heteroatoms. The molecule has 0 fully saturated rings. The summed E-state index contributed by atoms with van der Waals surface area (Å²) < 4.78 is 1.82. The van der Waals surface area contributed by atoms with Crippen molar-refractivity contribution in [1.82, 2.24) is 10.6 Å². The van der Waals surface area contributed by atoms with E-state index >= 15 is 0 Å². The number of amides is 1. The van der Waals surface area contributed by atoms with E-state index in [1.165, 1.54) is 11.3 Å². The van der Waals surface area contributed by atoms with E-state index in [1.807, 2.05) is 6.07 Å². The molecular weight excluding hydrogens is 356 g/mol. The van der Waals surface area contributed by atoms with Gasteiger partial charge in [0.15, 0.2) is 0 Å². The molecule has 16 heavy (non-hydrogen) atoms. The van der Waals surface area contributed by atoms with E-state index in [0.29, 0.717) is 12.1 Å². The first-order valence-electron chi connectivity index (χ1n) is 5.09. The summed E-state index contributed by atoms with van der Waals surface area (Å²) in [7, 11) is 0. The SMILES string of the molecule is CCNCCCNC(=O)c1cc(Br)sc1Br. The van der Waals surface area contributed by atoms with Crippen LogP contribution in [0.5, 0.6) is 0 Å². The van der Waals surface area contributed by atoms with Gasteiger partial charge in [0, 0.05) is 6.54 Å². The summed E-state index contributed by atoms with van der Waals surface area (Å²) in [6, 6.07) is 1.83. The van der Waals surface area contributed by atoms with Crippen LogP contribution in [0.25, 0.3) is 0 Å². The van der Waals surface area contributed by atoms with Crippen molar-refractivity contribution in [2.24, 2.45) is 0 Å². The summed E-state index contributed by atoms with van der Waals surface area (Å²) in [5.41, 5.74) is 0.695. The van der Waals surface area contributed by atoms with Crippen molar-refractivity contribution in [1.29, 1.82) is 0 Å². The van der Waals surface area contributed by atoms with E-state index in [-0.39, 0.29) is 5.91 Å². The fraction of sp³-hybridized carbons (Fsp3) is 0.500. The molecule has 0 saturated carbocycles. The average Bonchev–Trinajstić information content (AvgIpc) is 2.57. The van der Waals surface area contributed by atoms with Gasteiger partial charge in [-0.15, -0.1) is 11.3 Å². The minimum atomic E-state index is -0.0228. The van der Waals surface area contributed by atoms with Crippen LogP contribution in [-0.4, -0.2) is 25.5 Å². The number of carbonyl (C=O) groups excluding carboxylic acids is 1. The van der Waals surface area contributed by atoms with Crippen LogP contribution in [0.2, 0.25) is 0 Å². The van der Waals surface area contributed by atoms with Gasteiger partial charge in [0.25, 0.3) is 5.91 Å². The Labute approximate surface area is 116 Å². The van der Waals surface area contributed by atoms with Crippen molar-refractivity contribution in [3.05, 3.63) is 19.2 Å². The molecule has 2 N–H and O–H groups in total. The highest BCUT2D eigenvalue weighted by Crippen LogP contribution is 2.31. The van der Waals surface area contributed by atoms with Gasteiger partial charge in [0.1, 0.15) is 0 Å². The standard InChI is InChI=1S/C10H14Br2N2OS/c1-2-13-4-3-5-14-10(15)7-6-8(11)16-9(7)12/h6,13H,2-5H2,1H3,(H,14,15). The van der Waals surface area contributed by atoms with Crippen molar-refractivity contribution in [3.8, 4) is 0 Å². The second-order valence-corrected chi connectivity index (χ2v) is 6.95. The Morgan fingerprint density at radius 3 is 2.75 bits per heavy atom. The van der Waals surface area contributed by atoms with Gasteiger partial charge in [-0.25, -0.2) is 0 Å². The largest absolute Gasteiger partial charge is 0.352 e. The van der Waals surface area contributed by atoms with Gasteiger partial charge in [-0.1, -0.05) is 6.92 Å². The zero-order valence-electron chi connectivity index (χ0n) is 8.98. The number of thiophene rings is 1. The summed E-state index contributed by atoms with van der Waals surface area (Å²) in [5.74, 6) is -0.0228. The number of halogens is 2. The smallest absolute Gasteiger partial charge is 0.253 e. The van der Waals surface area contributed by atoms with Crippen LogP contribution in [0, 0.1) is 0 Å². The first-order valence-corrected chi connectivity index (χ1v) is 7.49. The molecule has 0 saturated heterocycles. The lowest BCUT2D eigenvalue weighted by Crippen LogP contribution is -2.27. The third-order valence-electron chi connectivity index (χ3n) is 1.97. The maximum atomic E-state index is 11.7. The molecule has 0 aromatic carbocycles. The highest BCUT2D eigenvalue weighted by atomic mass is 79.9. The van der Waals surface area contributed by atoms with Crippen LogP contribution in [0.3, 0.4) is 0 Å². The maximum absolute atomic E-state index is 11.7. The fourth-order valence-corrected chi connectivity index (χ4v) is 3.98. The first kappa shape index (κ1) is 14.2. The van der Waals surface area contributed by atoms with Crippen LogP contribution in [0.4, 0.5) is 0 Å². The predicted octanol–water partition coefficient (Wildman–Crippen LogP) is 3.00. The highest BCUT2D eigenvalue weighted by Gasteiger charge is 2.12. The highest BCUT2D eigenvalue weighted by molar-refractivity contribution is 9.12. The lowest BCUT2D eigenvalue weighted by Gasteiger charge is -2.04. The molecule has 0 bridgehead atoms. The lowest BCUT2D eigenvalue weighted by molar-refractivity contribution is 0.0953. The third kappa shape index (κ3) is 4.53. The van der Waals surface area contributed by atoms with Crippen molar-refractivity contribution >= 4 is 49.1 Å². The van der Waals surface area contributed by atoms with Gasteiger partial charge in [0.2, 0.25) is 0 Å². The molecule has 0 aliphatic rings. The lowest BCUT2D eigenvalue weighted by atomic mass is 10.3. The Hall–Kier alpha value is 0.0900. The summed E-state index contributed by atoms with van der Waals surface area (Å²) in [5, 5.41) is 6.10. The van der Waals surface area contributed by atoms with Crippen LogP contribution in [0.1, 0.15) is 23.7 Å². The van der Waals surface area contributed by atoms with E-state index in [2.05, 4.69) is 49.4 Å². The Morgan fingerprint density at radius 1 is 1.44 bits per heavy atom. The molecule has 0 spiro atoms. The summed E-state index contributed by atoms with van der Waals surface area (Å²) in [4.78, 5) is 11.7. The van der Waals surface area contributed by atoms with Crippen LogP contribution in [0.15, 0.2) is 13.6 Å². The molecule has 0 atom stereocenters. The molecular formula is C10H14Br2N2OS. The monoisotopic (exact) mass is 368 g/mol. The number of carbonyl (C=O) groups is 1. The molecule has 90 valence electrons. The van der Waals surface area contributed by atoms with E-state index < -0.39 is 0 Å². The molecule has 1 aromatic heterocycles. The van der Waals surface area contributed by atoms with Crippen molar-refractivity contribution in [2.45, 2.75) is 13.3 Å². The van der Waals surface area contributed by atoms with Crippen molar-refractivity contribution in [3.63, 3.8) is 0 Å². The minimum Gasteiger partial charge on any atom is -0.352 e. The van der Waals surface area contributed by atoms with Crippen molar-refractivity contribution < 1.29 is 4.79 Å². The van der Waals surface area contributed by atoms with Crippen LogP contribution < -0.4 is 10.6 Å². The summed E-state index contributed by atoms with van der Waals surface area (Å²) in [6.45, 7) is 4.67. The minimum absolute atomic E-state index is 0.0228. The number of nitrogens with one attached hydrogen (secondary N) is 2. The molecule has 1 amide bonds. The van der Waals surface area contributed by atoms with Gasteiger partial charge >= 0.3 is 0 Å².